The van der Waals surface area contributed by atoms with E-state index in [1.807, 2.05) is 24.3 Å². The molecule has 0 aromatic heterocycles. The zero-order chi connectivity index (χ0) is 16.4. The number of Topliss-reactive ketones (excluding diaryl/α,β-unsaturated/α-hetero) is 1. The molecule has 120 valence electrons. The van der Waals surface area contributed by atoms with Gasteiger partial charge in [-0.15, -0.1) is 0 Å². The van der Waals surface area contributed by atoms with Gasteiger partial charge >= 0.3 is 0 Å². The number of benzene rings is 2. The largest absolute Gasteiger partial charge is 0.497 e. The van der Waals surface area contributed by atoms with Gasteiger partial charge in [0.25, 0.3) is 0 Å². The Morgan fingerprint density at radius 1 is 0.913 bits per heavy atom. The van der Waals surface area contributed by atoms with E-state index in [-0.39, 0.29) is 12.4 Å². The van der Waals surface area contributed by atoms with E-state index in [0.29, 0.717) is 29.4 Å². The lowest BCUT2D eigenvalue weighted by atomic mass is 9.94. The standard InChI is InChI=1S/C18H18O5/c1-20-13-4-5-14-15-9-18(22-3)17(21-2)7-11(15)6-12(19)10-23-16(14)8-13/h4-5,7-9H,6,10H2,1-3H3. The first-order chi connectivity index (χ1) is 11.2. The normalized spacial score (nSPS) is 13.1. The van der Waals surface area contributed by atoms with E-state index in [2.05, 4.69) is 0 Å². The van der Waals surface area contributed by atoms with Gasteiger partial charge in [-0.05, 0) is 35.4 Å². The molecule has 0 N–H and O–H groups in total. The molecule has 0 bridgehead atoms. The molecule has 0 aliphatic carbocycles. The van der Waals surface area contributed by atoms with E-state index in [4.69, 9.17) is 18.9 Å². The zero-order valence-corrected chi connectivity index (χ0v) is 13.3. The molecule has 0 spiro atoms. The molecule has 1 aliphatic heterocycles. The number of ketones is 1. The second-order valence-corrected chi connectivity index (χ2v) is 5.23. The molecule has 0 unspecified atom stereocenters. The SMILES string of the molecule is COc1ccc2c(c1)OCC(=O)Cc1cc(OC)c(OC)cc1-2. The summed E-state index contributed by atoms with van der Waals surface area (Å²) in [7, 11) is 4.76. The molecule has 0 radical (unpaired) electrons. The molecule has 0 saturated carbocycles. The summed E-state index contributed by atoms with van der Waals surface area (Å²) in [6, 6.07) is 9.31. The fourth-order valence-corrected chi connectivity index (χ4v) is 2.71. The molecule has 5 heteroatoms. The van der Waals surface area contributed by atoms with Gasteiger partial charge in [-0.25, -0.2) is 0 Å². The smallest absolute Gasteiger partial charge is 0.174 e. The molecule has 0 saturated heterocycles. The van der Waals surface area contributed by atoms with Gasteiger partial charge in [0.2, 0.25) is 0 Å². The van der Waals surface area contributed by atoms with E-state index < -0.39 is 0 Å². The zero-order valence-electron chi connectivity index (χ0n) is 13.3. The van der Waals surface area contributed by atoms with E-state index in [1.165, 1.54) is 0 Å². The molecule has 2 aromatic rings. The average Bonchev–Trinajstić information content (AvgIpc) is 2.58. The van der Waals surface area contributed by atoms with Gasteiger partial charge in [0.1, 0.15) is 18.1 Å². The maximum absolute atomic E-state index is 12.1. The fourth-order valence-electron chi connectivity index (χ4n) is 2.71. The summed E-state index contributed by atoms with van der Waals surface area (Å²) < 4.78 is 21.6. The van der Waals surface area contributed by atoms with Crippen LogP contribution in [0.25, 0.3) is 11.1 Å². The molecule has 3 rings (SSSR count). The fraction of sp³-hybridized carbons (Fsp3) is 0.278. The number of carbonyl (C=O) groups excluding carboxylic acids is 1. The van der Waals surface area contributed by atoms with Crippen molar-refractivity contribution in [1.82, 2.24) is 0 Å². The second-order valence-electron chi connectivity index (χ2n) is 5.23. The van der Waals surface area contributed by atoms with Crippen LogP contribution < -0.4 is 18.9 Å². The van der Waals surface area contributed by atoms with E-state index >= 15 is 0 Å². The highest BCUT2D eigenvalue weighted by Crippen LogP contribution is 2.41. The Bertz CT molecular complexity index is 751. The van der Waals surface area contributed by atoms with Crippen molar-refractivity contribution in [2.45, 2.75) is 6.42 Å². The third kappa shape index (κ3) is 2.82. The third-order valence-electron chi connectivity index (χ3n) is 3.86. The van der Waals surface area contributed by atoms with Crippen LogP contribution in [0.2, 0.25) is 0 Å². The Hall–Kier alpha value is -2.69. The third-order valence-corrected chi connectivity index (χ3v) is 3.86. The molecule has 0 fully saturated rings. The van der Waals surface area contributed by atoms with Gasteiger partial charge in [-0.2, -0.15) is 0 Å². The van der Waals surface area contributed by atoms with E-state index in [0.717, 1.165) is 16.7 Å². The summed E-state index contributed by atoms with van der Waals surface area (Å²) in [4.78, 5) is 12.1. The molecular weight excluding hydrogens is 296 g/mol. The maximum Gasteiger partial charge on any atom is 0.174 e. The first kappa shape index (κ1) is 15.2. The van der Waals surface area contributed by atoms with Crippen molar-refractivity contribution in [3.63, 3.8) is 0 Å². The lowest BCUT2D eigenvalue weighted by molar-refractivity contribution is -0.120. The first-order valence-electron chi connectivity index (χ1n) is 7.24. The Kier molecular flexibility index (Phi) is 4.10. The minimum atomic E-state index is 0.00643. The summed E-state index contributed by atoms with van der Waals surface area (Å²) in [5.74, 6) is 2.52. The van der Waals surface area contributed by atoms with Crippen LogP contribution in [0.3, 0.4) is 0 Å². The van der Waals surface area contributed by atoms with Gasteiger partial charge in [0, 0.05) is 18.1 Å². The van der Waals surface area contributed by atoms with Crippen LogP contribution in [0.4, 0.5) is 0 Å². The van der Waals surface area contributed by atoms with Crippen LogP contribution in [0, 0.1) is 0 Å². The van der Waals surface area contributed by atoms with Crippen molar-refractivity contribution in [2.75, 3.05) is 27.9 Å². The molecule has 1 heterocycles. The number of hydrogen-bond acceptors (Lipinski definition) is 5. The predicted molar refractivity (Wildman–Crippen MR) is 85.7 cm³/mol. The lowest BCUT2D eigenvalue weighted by Crippen LogP contribution is -2.17. The first-order valence-corrected chi connectivity index (χ1v) is 7.24. The topological polar surface area (TPSA) is 54.0 Å². The van der Waals surface area contributed by atoms with Crippen LogP contribution in [-0.4, -0.2) is 33.7 Å². The minimum absolute atomic E-state index is 0.00643. The van der Waals surface area contributed by atoms with Crippen molar-refractivity contribution >= 4 is 5.78 Å². The van der Waals surface area contributed by atoms with E-state index in [1.54, 1.807) is 27.4 Å². The Balaban J connectivity index is 2.23. The number of ether oxygens (including phenoxy) is 4. The van der Waals surface area contributed by atoms with Gasteiger partial charge < -0.3 is 18.9 Å². The van der Waals surface area contributed by atoms with Crippen LogP contribution in [0.15, 0.2) is 30.3 Å². The highest BCUT2D eigenvalue weighted by Gasteiger charge is 2.21. The lowest BCUT2D eigenvalue weighted by Gasteiger charge is -2.20. The molecule has 2 aromatic carbocycles. The van der Waals surface area contributed by atoms with Crippen LogP contribution >= 0.6 is 0 Å². The summed E-state index contributed by atoms with van der Waals surface area (Å²) in [6.07, 6.45) is 0.293. The quantitative estimate of drug-likeness (QED) is 0.872. The monoisotopic (exact) mass is 314 g/mol. The van der Waals surface area contributed by atoms with Gasteiger partial charge in [0.15, 0.2) is 17.3 Å². The molecule has 23 heavy (non-hydrogen) atoms. The molecule has 5 nitrogen and oxygen atoms in total. The Labute approximate surface area is 134 Å². The molecular formula is C18H18O5. The van der Waals surface area contributed by atoms with Gasteiger partial charge in [-0.3, -0.25) is 4.79 Å². The van der Waals surface area contributed by atoms with Gasteiger partial charge in [0.05, 0.1) is 21.3 Å². The minimum Gasteiger partial charge on any atom is -0.497 e. The van der Waals surface area contributed by atoms with Gasteiger partial charge in [-0.1, -0.05) is 0 Å². The van der Waals surface area contributed by atoms with Crippen molar-refractivity contribution in [3.8, 4) is 34.1 Å². The highest BCUT2D eigenvalue weighted by atomic mass is 16.5. The van der Waals surface area contributed by atoms with Crippen molar-refractivity contribution < 1.29 is 23.7 Å². The maximum atomic E-state index is 12.1. The predicted octanol–water partition coefficient (Wildman–Crippen LogP) is 2.88. The van der Waals surface area contributed by atoms with Crippen molar-refractivity contribution in [2.24, 2.45) is 0 Å². The summed E-state index contributed by atoms with van der Waals surface area (Å²) in [6.45, 7) is 0.0357. The second kappa shape index (κ2) is 6.20. The molecule has 0 atom stereocenters. The highest BCUT2D eigenvalue weighted by molar-refractivity contribution is 5.88. The summed E-state index contributed by atoms with van der Waals surface area (Å²) in [5, 5.41) is 0. The number of carbonyl (C=O) groups is 1. The van der Waals surface area contributed by atoms with Crippen molar-refractivity contribution in [3.05, 3.63) is 35.9 Å². The van der Waals surface area contributed by atoms with Crippen LogP contribution in [-0.2, 0) is 11.2 Å². The molecule has 1 aliphatic rings. The van der Waals surface area contributed by atoms with Crippen LogP contribution in [0.5, 0.6) is 23.0 Å². The Morgan fingerprint density at radius 2 is 1.65 bits per heavy atom. The van der Waals surface area contributed by atoms with E-state index in [9.17, 15) is 4.79 Å². The van der Waals surface area contributed by atoms with Crippen molar-refractivity contribution in [1.29, 1.82) is 0 Å². The summed E-state index contributed by atoms with van der Waals surface area (Å²) in [5.41, 5.74) is 2.69. The average molecular weight is 314 g/mol. The van der Waals surface area contributed by atoms with Crippen LogP contribution in [0.1, 0.15) is 5.56 Å². The molecule has 0 amide bonds. The summed E-state index contributed by atoms with van der Waals surface area (Å²) >= 11 is 0. The number of fused-ring (bicyclic) bond motifs is 3. The number of rotatable bonds is 3. The number of hydrogen-bond donors (Lipinski definition) is 0. The Morgan fingerprint density at radius 3 is 2.35 bits per heavy atom. The number of methoxy groups -OCH3 is 3.